The fourth-order valence-corrected chi connectivity index (χ4v) is 3.09. The molecular formula is C20H30N2O3. The second-order valence-electron chi connectivity index (χ2n) is 6.84. The Kier molecular flexibility index (Phi) is 7.76. The number of rotatable bonds is 8. The zero-order valence-corrected chi connectivity index (χ0v) is 15.3. The maximum absolute atomic E-state index is 12.1. The number of carbonyl (C=O) groups is 2. The molecule has 0 radical (unpaired) electrons. The van der Waals surface area contributed by atoms with E-state index in [4.69, 9.17) is 4.74 Å². The van der Waals surface area contributed by atoms with Crippen LogP contribution in [0, 0.1) is 5.92 Å². The number of hydrogen-bond acceptors (Lipinski definition) is 3. The average molecular weight is 346 g/mol. The molecule has 0 aromatic heterocycles. The Balaban J connectivity index is 1.74. The van der Waals surface area contributed by atoms with Gasteiger partial charge in [0.15, 0.2) is 0 Å². The van der Waals surface area contributed by atoms with Gasteiger partial charge in [-0.3, -0.25) is 9.59 Å². The molecule has 138 valence electrons. The van der Waals surface area contributed by atoms with Crippen molar-refractivity contribution in [2.75, 3.05) is 13.2 Å². The molecule has 1 aliphatic carbocycles. The predicted octanol–water partition coefficient (Wildman–Crippen LogP) is 3.29. The highest BCUT2D eigenvalue weighted by Crippen LogP contribution is 2.23. The Morgan fingerprint density at radius 2 is 1.88 bits per heavy atom. The number of nitrogens with one attached hydrogen (secondary N) is 2. The van der Waals surface area contributed by atoms with E-state index in [2.05, 4.69) is 24.5 Å². The normalized spacial score (nSPS) is 19.9. The van der Waals surface area contributed by atoms with Crippen LogP contribution in [0.4, 0.5) is 0 Å². The number of carbonyl (C=O) groups excluding carboxylic acids is 2. The summed E-state index contributed by atoms with van der Waals surface area (Å²) in [6, 6.07) is 7.25. The lowest BCUT2D eigenvalue weighted by Gasteiger charge is -2.29. The largest absolute Gasteiger partial charge is 0.494 e. The van der Waals surface area contributed by atoms with Gasteiger partial charge in [-0.15, -0.1) is 0 Å². The van der Waals surface area contributed by atoms with E-state index < -0.39 is 0 Å². The third-order valence-electron chi connectivity index (χ3n) is 4.75. The molecular weight excluding hydrogens is 316 g/mol. The molecule has 0 spiro atoms. The highest BCUT2D eigenvalue weighted by Gasteiger charge is 2.22. The molecule has 0 saturated heterocycles. The van der Waals surface area contributed by atoms with Crippen molar-refractivity contribution >= 4 is 11.8 Å². The Morgan fingerprint density at radius 1 is 1.16 bits per heavy atom. The number of amides is 2. The number of hydrogen-bond donors (Lipinski definition) is 2. The van der Waals surface area contributed by atoms with E-state index in [1.807, 2.05) is 0 Å². The van der Waals surface area contributed by atoms with Crippen LogP contribution in [0.2, 0.25) is 0 Å². The van der Waals surface area contributed by atoms with Crippen LogP contribution < -0.4 is 15.4 Å². The molecule has 5 heteroatoms. The minimum atomic E-state index is -0.244. The molecule has 0 heterocycles. The number of ether oxygens (including phenoxy) is 1. The first-order valence-corrected chi connectivity index (χ1v) is 9.40. The monoisotopic (exact) mass is 346 g/mol. The molecule has 1 aliphatic rings. The summed E-state index contributed by atoms with van der Waals surface area (Å²) < 4.78 is 5.58. The van der Waals surface area contributed by atoms with Crippen LogP contribution in [0.15, 0.2) is 24.3 Å². The first kappa shape index (κ1) is 19.3. The zero-order valence-electron chi connectivity index (χ0n) is 15.3. The molecule has 2 amide bonds. The van der Waals surface area contributed by atoms with Gasteiger partial charge in [0, 0.05) is 11.6 Å². The van der Waals surface area contributed by atoms with Crippen molar-refractivity contribution in [3.05, 3.63) is 29.8 Å². The Morgan fingerprint density at radius 3 is 2.56 bits per heavy atom. The van der Waals surface area contributed by atoms with Crippen molar-refractivity contribution in [3.8, 4) is 5.75 Å². The summed E-state index contributed by atoms with van der Waals surface area (Å²) in [4.78, 5) is 24.2. The second-order valence-corrected chi connectivity index (χ2v) is 6.84. The number of unbranched alkanes of at least 4 members (excludes halogenated alkanes) is 1. The third-order valence-corrected chi connectivity index (χ3v) is 4.75. The van der Waals surface area contributed by atoms with Crippen LogP contribution in [-0.2, 0) is 4.79 Å². The van der Waals surface area contributed by atoms with E-state index in [9.17, 15) is 9.59 Å². The summed E-state index contributed by atoms with van der Waals surface area (Å²) in [5, 5.41) is 5.72. The summed E-state index contributed by atoms with van der Waals surface area (Å²) in [5.74, 6) is 0.904. The SMILES string of the molecule is CCCCOc1ccc(C(=O)NCC(=O)NC2CCCCC2C)cc1. The number of benzene rings is 1. The standard InChI is InChI=1S/C20H30N2O3/c1-3-4-13-25-17-11-9-16(10-12-17)20(24)21-14-19(23)22-18-8-6-5-7-15(18)2/h9-12,15,18H,3-8,13-14H2,1-2H3,(H,21,24)(H,22,23). The molecule has 2 N–H and O–H groups in total. The van der Waals surface area contributed by atoms with Crippen LogP contribution in [0.5, 0.6) is 5.75 Å². The van der Waals surface area contributed by atoms with Crippen LogP contribution in [0.25, 0.3) is 0 Å². The van der Waals surface area contributed by atoms with Gasteiger partial charge >= 0.3 is 0 Å². The molecule has 2 unspecified atom stereocenters. The maximum atomic E-state index is 12.1. The molecule has 1 aromatic carbocycles. The molecule has 1 aromatic rings. The topological polar surface area (TPSA) is 67.4 Å². The summed E-state index contributed by atoms with van der Waals surface area (Å²) in [5.41, 5.74) is 0.529. The lowest BCUT2D eigenvalue weighted by atomic mass is 9.86. The quantitative estimate of drug-likeness (QED) is 0.710. The first-order valence-electron chi connectivity index (χ1n) is 9.40. The lowest BCUT2D eigenvalue weighted by molar-refractivity contribution is -0.121. The van der Waals surface area contributed by atoms with Gasteiger partial charge in [-0.1, -0.05) is 33.1 Å². The smallest absolute Gasteiger partial charge is 0.251 e. The van der Waals surface area contributed by atoms with Crippen molar-refractivity contribution in [2.24, 2.45) is 5.92 Å². The summed E-state index contributed by atoms with van der Waals surface area (Å²) >= 11 is 0. The summed E-state index contributed by atoms with van der Waals surface area (Å²) in [6.07, 6.45) is 6.68. The van der Waals surface area contributed by atoms with Gasteiger partial charge in [0.2, 0.25) is 5.91 Å². The van der Waals surface area contributed by atoms with Crippen molar-refractivity contribution in [3.63, 3.8) is 0 Å². The molecule has 5 nitrogen and oxygen atoms in total. The van der Waals surface area contributed by atoms with Crippen molar-refractivity contribution < 1.29 is 14.3 Å². The third kappa shape index (κ3) is 6.40. The maximum Gasteiger partial charge on any atom is 0.251 e. The van der Waals surface area contributed by atoms with Gasteiger partial charge in [-0.2, -0.15) is 0 Å². The van der Waals surface area contributed by atoms with Gasteiger partial charge in [0.1, 0.15) is 5.75 Å². The lowest BCUT2D eigenvalue weighted by Crippen LogP contribution is -2.45. The molecule has 0 aliphatic heterocycles. The highest BCUT2D eigenvalue weighted by atomic mass is 16.5. The van der Waals surface area contributed by atoms with Crippen LogP contribution in [-0.4, -0.2) is 31.0 Å². The minimum absolute atomic E-state index is 0.0107. The molecule has 25 heavy (non-hydrogen) atoms. The molecule has 2 atom stereocenters. The minimum Gasteiger partial charge on any atom is -0.494 e. The van der Waals surface area contributed by atoms with Crippen LogP contribution in [0.3, 0.4) is 0 Å². The van der Waals surface area contributed by atoms with Crippen molar-refractivity contribution in [2.45, 2.75) is 58.4 Å². The zero-order chi connectivity index (χ0) is 18.1. The van der Waals surface area contributed by atoms with Crippen molar-refractivity contribution in [1.82, 2.24) is 10.6 Å². The Labute approximate surface area is 150 Å². The Hall–Kier alpha value is -2.04. The van der Waals surface area contributed by atoms with Gasteiger partial charge < -0.3 is 15.4 Å². The van der Waals surface area contributed by atoms with E-state index in [0.29, 0.717) is 18.1 Å². The summed E-state index contributed by atoms with van der Waals surface area (Å²) in [6.45, 7) is 4.98. The fraction of sp³-hybridized carbons (Fsp3) is 0.600. The molecule has 2 rings (SSSR count). The van der Waals surface area contributed by atoms with Gasteiger partial charge in [-0.05, 0) is 49.4 Å². The van der Waals surface area contributed by atoms with E-state index in [1.54, 1.807) is 24.3 Å². The predicted molar refractivity (Wildman–Crippen MR) is 98.7 cm³/mol. The molecule has 0 bridgehead atoms. The van der Waals surface area contributed by atoms with E-state index in [1.165, 1.54) is 6.42 Å². The van der Waals surface area contributed by atoms with E-state index in [0.717, 1.165) is 37.9 Å². The molecule has 1 fully saturated rings. The Bertz CT molecular complexity index is 557. The highest BCUT2D eigenvalue weighted by molar-refractivity contribution is 5.96. The van der Waals surface area contributed by atoms with Gasteiger partial charge in [0.25, 0.3) is 5.91 Å². The first-order chi connectivity index (χ1) is 12.1. The second kappa shape index (κ2) is 10.1. The van der Waals surface area contributed by atoms with Gasteiger partial charge in [0.05, 0.1) is 13.2 Å². The summed E-state index contributed by atoms with van der Waals surface area (Å²) in [7, 11) is 0. The average Bonchev–Trinajstić information content (AvgIpc) is 2.62. The van der Waals surface area contributed by atoms with Crippen LogP contribution >= 0.6 is 0 Å². The van der Waals surface area contributed by atoms with Gasteiger partial charge in [-0.25, -0.2) is 0 Å². The van der Waals surface area contributed by atoms with E-state index >= 15 is 0 Å². The van der Waals surface area contributed by atoms with Crippen LogP contribution in [0.1, 0.15) is 62.7 Å². The molecule has 1 saturated carbocycles. The fourth-order valence-electron chi connectivity index (χ4n) is 3.09. The van der Waals surface area contributed by atoms with E-state index in [-0.39, 0.29) is 24.4 Å². The van der Waals surface area contributed by atoms with Crippen molar-refractivity contribution in [1.29, 1.82) is 0 Å².